The normalized spacial score (nSPS) is 29.6. The Balaban J connectivity index is 1.54. The second-order valence-electron chi connectivity index (χ2n) is 7.68. The number of rotatable bonds is 4. The Morgan fingerprint density at radius 3 is 2.50 bits per heavy atom. The van der Waals surface area contributed by atoms with E-state index in [4.69, 9.17) is 9.47 Å². The Morgan fingerprint density at radius 2 is 1.92 bits per heavy atom. The first-order valence-corrected chi connectivity index (χ1v) is 10.4. The molecule has 1 amide bonds. The van der Waals surface area contributed by atoms with Crippen molar-refractivity contribution in [3.63, 3.8) is 0 Å². The summed E-state index contributed by atoms with van der Waals surface area (Å²) in [6.07, 6.45) is 0.502. The molecule has 0 saturated carbocycles. The molecule has 0 aromatic carbocycles. The van der Waals surface area contributed by atoms with Gasteiger partial charge in [0, 0.05) is 26.1 Å². The van der Waals surface area contributed by atoms with Crippen LogP contribution in [0.1, 0.15) is 20.3 Å². The third kappa shape index (κ3) is 3.92. The van der Waals surface area contributed by atoms with Crippen LogP contribution in [-0.4, -0.2) is 93.3 Å². The predicted molar refractivity (Wildman–Crippen MR) is 89.6 cm³/mol. The summed E-state index contributed by atoms with van der Waals surface area (Å²) in [6, 6.07) is 0. The number of ether oxygens (including phenoxy) is 2. The molecule has 0 N–H and O–H groups in total. The molecular weight excluding hydrogens is 332 g/mol. The molecule has 0 aromatic rings. The SMILES string of the molecule is CC(C)CC(=O)N1CC2(C1)CS(=O)(=O)[C@@H](CN1CCOCC1)CO2. The minimum absolute atomic E-state index is 0.0282. The minimum Gasteiger partial charge on any atom is -0.379 e. The van der Waals surface area contributed by atoms with Crippen LogP contribution in [0, 0.1) is 5.92 Å². The number of nitrogens with zero attached hydrogens (tertiary/aromatic N) is 2. The van der Waals surface area contributed by atoms with Crippen molar-refractivity contribution >= 4 is 15.7 Å². The first kappa shape index (κ1) is 18.1. The molecule has 0 unspecified atom stereocenters. The molecule has 3 aliphatic heterocycles. The van der Waals surface area contributed by atoms with Gasteiger partial charge in [0.1, 0.15) is 5.60 Å². The van der Waals surface area contributed by atoms with Gasteiger partial charge in [0.2, 0.25) is 5.91 Å². The number of likely N-dealkylation sites (tertiary alicyclic amines) is 1. The Morgan fingerprint density at radius 1 is 1.25 bits per heavy atom. The molecule has 3 fully saturated rings. The maximum atomic E-state index is 12.7. The largest absolute Gasteiger partial charge is 0.379 e. The molecule has 0 radical (unpaired) electrons. The fraction of sp³-hybridized carbons (Fsp3) is 0.938. The zero-order valence-corrected chi connectivity index (χ0v) is 15.4. The molecule has 3 saturated heterocycles. The molecule has 3 aliphatic rings. The van der Waals surface area contributed by atoms with Gasteiger partial charge in [-0.15, -0.1) is 0 Å². The molecule has 1 atom stereocenters. The Labute approximate surface area is 144 Å². The van der Waals surface area contributed by atoms with Gasteiger partial charge in [-0.1, -0.05) is 13.8 Å². The van der Waals surface area contributed by atoms with Crippen molar-refractivity contribution in [2.24, 2.45) is 5.92 Å². The molecule has 3 heterocycles. The monoisotopic (exact) mass is 360 g/mol. The zero-order valence-electron chi connectivity index (χ0n) is 14.6. The van der Waals surface area contributed by atoms with Gasteiger partial charge in [-0.2, -0.15) is 0 Å². The number of carbonyl (C=O) groups excluding carboxylic acids is 1. The predicted octanol–water partition coefficient (Wildman–Crippen LogP) is -0.241. The van der Waals surface area contributed by atoms with Crippen LogP contribution in [0.5, 0.6) is 0 Å². The summed E-state index contributed by atoms with van der Waals surface area (Å²) < 4.78 is 36.6. The molecule has 1 spiro atoms. The molecule has 24 heavy (non-hydrogen) atoms. The summed E-state index contributed by atoms with van der Waals surface area (Å²) in [6.45, 7) is 8.42. The lowest BCUT2D eigenvalue weighted by Gasteiger charge is -2.52. The highest BCUT2D eigenvalue weighted by Gasteiger charge is 2.53. The number of sulfone groups is 1. The average molecular weight is 360 g/mol. The third-order valence-corrected chi connectivity index (χ3v) is 7.24. The quantitative estimate of drug-likeness (QED) is 0.689. The highest BCUT2D eigenvalue weighted by molar-refractivity contribution is 7.92. The topological polar surface area (TPSA) is 76.2 Å². The lowest BCUT2D eigenvalue weighted by Crippen LogP contribution is -2.71. The summed E-state index contributed by atoms with van der Waals surface area (Å²) in [5.41, 5.74) is -0.674. The van der Waals surface area contributed by atoms with Crippen LogP contribution in [0.3, 0.4) is 0 Å². The van der Waals surface area contributed by atoms with Crippen LogP contribution in [-0.2, 0) is 24.1 Å². The second-order valence-corrected chi connectivity index (χ2v) is 9.97. The summed E-state index contributed by atoms with van der Waals surface area (Å²) in [5, 5.41) is -0.471. The Kier molecular flexibility index (Phi) is 5.20. The van der Waals surface area contributed by atoms with E-state index < -0.39 is 20.7 Å². The van der Waals surface area contributed by atoms with Crippen molar-refractivity contribution in [1.29, 1.82) is 0 Å². The highest BCUT2D eigenvalue weighted by Crippen LogP contribution is 2.33. The molecule has 0 aromatic heterocycles. The highest BCUT2D eigenvalue weighted by atomic mass is 32.2. The smallest absolute Gasteiger partial charge is 0.223 e. The van der Waals surface area contributed by atoms with Crippen molar-refractivity contribution < 1.29 is 22.7 Å². The zero-order chi connectivity index (χ0) is 17.4. The van der Waals surface area contributed by atoms with E-state index in [0.29, 0.717) is 45.2 Å². The average Bonchev–Trinajstić information content (AvgIpc) is 2.47. The van der Waals surface area contributed by atoms with Crippen molar-refractivity contribution in [2.75, 3.05) is 58.3 Å². The number of carbonyl (C=O) groups is 1. The van der Waals surface area contributed by atoms with Gasteiger partial charge in [-0.25, -0.2) is 8.42 Å². The van der Waals surface area contributed by atoms with Crippen molar-refractivity contribution in [3.8, 4) is 0 Å². The molecule has 138 valence electrons. The minimum atomic E-state index is -3.21. The maximum absolute atomic E-state index is 12.7. The van der Waals surface area contributed by atoms with E-state index in [0.717, 1.165) is 13.1 Å². The summed E-state index contributed by atoms with van der Waals surface area (Å²) in [5.74, 6) is 0.426. The fourth-order valence-corrected chi connectivity index (χ4v) is 5.57. The van der Waals surface area contributed by atoms with Crippen molar-refractivity contribution in [2.45, 2.75) is 31.1 Å². The standard InChI is InChI=1S/C16H28N2O5S/c1-13(2)7-15(19)18-10-16(11-18)12-24(20,21)14(9-23-16)8-17-3-5-22-6-4-17/h13-14H,3-12H2,1-2H3/t14-/m0/s1. The van der Waals surface area contributed by atoms with Gasteiger partial charge in [0.25, 0.3) is 0 Å². The first-order valence-electron chi connectivity index (χ1n) is 8.73. The van der Waals surface area contributed by atoms with Crippen LogP contribution >= 0.6 is 0 Å². The lowest BCUT2D eigenvalue weighted by molar-refractivity contribution is -0.166. The third-order valence-electron chi connectivity index (χ3n) is 5.01. The number of hydrogen-bond donors (Lipinski definition) is 0. The van der Waals surface area contributed by atoms with Gasteiger partial charge in [0.15, 0.2) is 9.84 Å². The van der Waals surface area contributed by atoms with Crippen molar-refractivity contribution in [1.82, 2.24) is 9.80 Å². The van der Waals surface area contributed by atoms with Gasteiger partial charge in [-0.05, 0) is 5.92 Å². The van der Waals surface area contributed by atoms with Crippen LogP contribution in [0.15, 0.2) is 0 Å². The van der Waals surface area contributed by atoms with E-state index in [-0.39, 0.29) is 18.3 Å². The Bertz CT molecular complexity index is 565. The molecule has 7 nitrogen and oxygen atoms in total. The molecule has 3 rings (SSSR count). The number of morpholine rings is 1. The molecular formula is C16H28N2O5S. The van der Waals surface area contributed by atoms with Crippen LogP contribution in [0.4, 0.5) is 0 Å². The van der Waals surface area contributed by atoms with Gasteiger partial charge in [-0.3, -0.25) is 9.69 Å². The molecule has 0 bridgehead atoms. The van der Waals surface area contributed by atoms with Crippen molar-refractivity contribution in [3.05, 3.63) is 0 Å². The van der Waals surface area contributed by atoms with E-state index in [1.165, 1.54) is 0 Å². The molecule has 0 aliphatic carbocycles. The van der Waals surface area contributed by atoms with Crippen LogP contribution in [0.2, 0.25) is 0 Å². The van der Waals surface area contributed by atoms with E-state index in [1.54, 1.807) is 4.90 Å². The van der Waals surface area contributed by atoms with E-state index in [1.807, 2.05) is 13.8 Å². The summed E-state index contributed by atoms with van der Waals surface area (Å²) in [4.78, 5) is 15.9. The first-order chi connectivity index (χ1) is 11.3. The summed E-state index contributed by atoms with van der Waals surface area (Å²) in [7, 11) is -3.21. The Hall–Kier alpha value is -0.700. The van der Waals surface area contributed by atoms with E-state index >= 15 is 0 Å². The molecule has 8 heteroatoms. The number of amides is 1. The summed E-state index contributed by atoms with van der Waals surface area (Å²) >= 11 is 0. The fourth-order valence-electron chi connectivity index (χ4n) is 3.62. The second kappa shape index (κ2) is 6.90. The van der Waals surface area contributed by atoms with Crippen LogP contribution < -0.4 is 0 Å². The van der Waals surface area contributed by atoms with Gasteiger partial charge in [0.05, 0.1) is 43.9 Å². The van der Waals surface area contributed by atoms with Gasteiger partial charge >= 0.3 is 0 Å². The van der Waals surface area contributed by atoms with E-state index in [9.17, 15) is 13.2 Å². The van der Waals surface area contributed by atoms with Gasteiger partial charge < -0.3 is 14.4 Å². The number of hydrogen-bond acceptors (Lipinski definition) is 6. The maximum Gasteiger partial charge on any atom is 0.223 e. The van der Waals surface area contributed by atoms with Crippen LogP contribution in [0.25, 0.3) is 0 Å². The lowest BCUT2D eigenvalue weighted by atomic mass is 9.94. The van der Waals surface area contributed by atoms with E-state index in [2.05, 4.69) is 4.90 Å².